The molecular formula is C11H9ClF6N2O. The van der Waals surface area contributed by atoms with Gasteiger partial charge < -0.3 is 10.8 Å². The lowest BCUT2D eigenvalue weighted by atomic mass is 9.92. The Balaban J connectivity index is 3.31. The minimum Gasteiger partial charge on any atom is -0.386 e. The van der Waals surface area contributed by atoms with Gasteiger partial charge in [0.05, 0.1) is 11.6 Å². The van der Waals surface area contributed by atoms with Gasteiger partial charge in [-0.1, -0.05) is 12.1 Å². The van der Waals surface area contributed by atoms with Crippen molar-refractivity contribution in [2.24, 2.45) is 10.7 Å². The summed E-state index contributed by atoms with van der Waals surface area (Å²) in [6, 6.07) is 2.66. The molecule has 21 heavy (non-hydrogen) atoms. The van der Waals surface area contributed by atoms with Crippen molar-refractivity contribution in [2.75, 3.05) is 5.88 Å². The number of hydrogen-bond acceptors (Lipinski definition) is 2. The Morgan fingerprint density at radius 1 is 1.05 bits per heavy atom. The fraction of sp³-hybridized carbons (Fsp3) is 0.364. The summed E-state index contributed by atoms with van der Waals surface area (Å²) in [6.07, 6.45) is -11.9. The SMILES string of the molecule is NC(CCl)=Nc1ccc(C(O)(C(F)(F)F)C(F)(F)F)cc1. The maximum absolute atomic E-state index is 12.6. The van der Waals surface area contributed by atoms with Crippen molar-refractivity contribution in [3.8, 4) is 0 Å². The zero-order valence-electron chi connectivity index (χ0n) is 10.1. The predicted molar refractivity (Wildman–Crippen MR) is 64.5 cm³/mol. The van der Waals surface area contributed by atoms with Crippen LogP contribution in [0, 0.1) is 0 Å². The maximum atomic E-state index is 12.6. The Kier molecular flexibility index (Phi) is 4.79. The van der Waals surface area contributed by atoms with Crippen LogP contribution in [0.25, 0.3) is 0 Å². The van der Waals surface area contributed by atoms with Crippen LogP contribution in [0.5, 0.6) is 0 Å². The van der Waals surface area contributed by atoms with E-state index in [1.807, 2.05) is 0 Å². The number of aliphatic hydroxyl groups is 1. The molecule has 1 aromatic carbocycles. The average Bonchev–Trinajstić information content (AvgIpc) is 2.35. The van der Waals surface area contributed by atoms with Crippen molar-refractivity contribution in [1.82, 2.24) is 0 Å². The van der Waals surface area contributed by atoms with Crippen LogP contribution in [0.15, 0.2) is 29.3 Å². The molecule has 0 saturated carbocycles. The van der Waals surface area contributed by atoms with Crippen molar-refractivity contribution >= 4 is 23.1 Å². The topological polar surface area (TPSA) is 58.6 Å². The Labute approximate surface area is 120 Å². The maximum Gasteiger partial charge on any atom is 0.430 e. The number of nitrogens with two attached hydrogens (primary N) is 1. The molecule has 0 unspecified atom stereocenters. The van der Waals surface area contributed by atoms with E-state index in [9.17, 15) is 26.3 Å². The van der Waals surface area contributed by atoms with Crippen molar-refractivity contribution in [3.63, 3.8) is 0 Å². The van der Waals surface area contributed by atoms with Crippen molar-refractivity contribution in [2.45, 2.75) is 18.0 Å². The minimum atomic E-state index is -5.93. The number of halogens is 7. The largest absolute Gasteiger partial charge is 0.430 e. The molecule has 1 aromatic rings. The van der Waals surface area contributed by atoms with Gasteiger partial charge >= 0.3 is 12.4 Å². The monoisotopic (exact) mass is 334 g/mol. The fourth-order valence-electron chi connectivity index (χ4n) is 1.46. The zero-order chi connectivity index (χ0) is 16.5. The molecule has 10 heteroatoms. The van der Waals surface area contributed by atoms with E-state index in [4.69, 9.17) is 22.4 Å². The van der Waals surface area contributed by atoms with Crippen molar-refractivity contribution < 1.29 is 31.4 Å². The number of nitrogens with zero attached hydrogens (tertiary/aromatic N) is 1. The second-order valence-electron chi connectivity index (χ2n) is 3.99. The van der Waals surface area contributed by atoms with Gasteiger partial charge in [0.25, 0.3) is 5.60 Å². The van der Waals surface area contributed by atoms with E-state index < -0.39 is 23.5 Å². The fourth-order valence-corrected chi connectivity index (χ4v) is 1.52. The summed E-state index contributed by atoms with van der Waals surface area (Å²) < 4.78 is 75.7. The summed E-state index contributed by atoms with van der Waals surface area (Å²) >= 11 is 5.33. The summed E-state index contributed by atoms with van der Waals surface area (Å²) in [6.45, 7) is 0. The molecule has 0 heterocycles. The first-order valence-corrected chi connectivity index (χ1v) is 5.82. The number of hydrogen-bond donors (Lipinski definition) is 2. The van der Waals surface area contributed by atoms with Crippen LogP contribution >= 0.6 is 11.6 Å². The lowest BCUT2D eigenvalue weighted by Crippen LogP contribution is -2.53. The number of aliphatic imine (C=N–C) groups is 1. The van der Waals surface area contributed by atoms with E-state index in [0.29, 0.717) is 12.1 Å². The van der Waals surface area contributed by atoms with E-state index in [0.717, 1.165) is 12.1 Å². The molecule has 0 aromatic heterocycles. The normalized spacial score (nSPS) is 14.4. The highest BCUT2D eigenvalue weighted by Gasteiger charge is 2.71. The average molecular weight is 335 g/mol. The molecular weight excluding hydrogens is 326 g/mol. The first-order valence-electron chi connectivity index (χ1n) is 5.29. The Hall–Kier alpha value is -1.48. The number of benzene rings is 1. The molecule has 1 rings (SSSR count). The van der Waals surface area contributed by atoms with Gasteiger partial charge in [0.15, 0.2) is 0 Å². The molecule has 3 nitrogen and oxygen atoms in total. The quantitative estimate of drug-likeness (QED) is 0.386. The van der Waals surface area contributed by atoms with Crippen LogP contribution in [-0.2, 0) is 5.60 Å². The van der Waals surface area contributed by atoms with E-state index in [-0.39, 0.29) is 17.4 Å². The van der Waals surface area contributed by atoms with Crippen molar-refractivity contribution in [3.05, 3.63) is 29.8 Å². The Bertz CT molecular complexity index is 509. The molecule has 0 spiro atoms. The molecule has 0 aliphatic carbocycles. The molecule has 0 fully saturated rings. The van der Waals surface area contributed by atoms with Crippen LogP contribution < -0.4 is 5.73 Å². The highest BCUT2D eigenvalue weighted by Crippen LogP contribution is 2.50. The smallest absolute Gasteiger partial charge is 0.386 e. The van der Waals surface area contributed by atoms with E-state index in [2.05, 4.69) is 4.99 Å². The van der Waals surface area contributed by atoms with Crippen LogP contribution in [0.1, 0.15) is 5.56 Å². The Morgan fingerprint density at radius 3 is 1.81 bits per heavy atom. The second kappa shape index (κ2) is 5.72. The third-order valence-electron chi connectivity index (χ3n) is 2.52. The Morgan fingerprint density at radius 2 is 1.48 bits per heavy atom. The third-order valence-corrected chi connectivity index (χ3v) is 2.79. The van der Waals surface area contributed by atoms with E-state index in [1.54, 1.807) is 0 Å². The summed E-state index contributed by atoms with van der Waals surface area (Å²) in [5, 5.41) is 9.14. The first-order chi connectivity index (χ1) is 9.43. The van der Waals surface area contributed by atoms with Crippen LogP contribution in [0.2, 0.25) is 0 Å². The van der Waals surface area contributed by atoms with Crippen LogP contribution in [0.4, 0.5) is 32.0 Å². The summed E-state index contributed by atoms with van der Waals surface area (Å²) in [5.74, 6) is -0.220. The molecule has 0 saturated heterocycles. The van der Waals surface area contributed by atoms with Crippen LogP contribution in [0.3, 0.4) is 0 Å². The lowest BCUT2D eigenvalue weighted by Gasteiger charge is -2.32. The van der Waals surface area contributed by atoms with Gasteiger partial charge in [-0.2, -0.15) is 26.3 Å². The molecule has 0 bridgehead atoms. The van der Waals surface area contributed by atoms with E-state index >= 15 is 0 Å². The van der Waals surface area contributed by atoms with Gasteiger partial charge in [-0.15, -0.1) is 11.6 Å². The standard InChI is InChI=1S/C11H9ClF6N2O/c12-5-8(19)20-7-3-1-6(2-4-7)9(21,10(13,14)15)11(16,17)18/h1-4,21H,5H2,(H2,19,20). The molecule has 0 radical (unpaired) electrons. The molecule has 0 aliphatic heterocycles. The van der Waals surface area contributed by atoms with Gasteiger partial charge in [0, 0.05) is 5.56 Å². The third kappa shape index (κ3) is 3.41. The summed E-state index contributed by atoms with van der Waals surface area (Å²) in [5.41, 5.74) is -1.05. The molecule has 3 N–H and O–H groups in total. The zero-order valence-corrected chi connectivity index (χ0v) is 10.9. The molecule has 118 valence electrons. The number of alkyl halides is 7. The molecule has 0 atom stereocenters. The number of amidine groups is 1. The second-order valence-corrected chi connectivity index (χ2v) is 4.26. The molecule has 0 aliphatic rings. The minimum absolute atomic E-state index is 0.00333. The summed E-state index contributed by atoms with van der Waals surface area (Å²) in [4.78, 5) is 3.64. The van der Waals surface area contributed by atoms with E-state index in [1.165, 1.54) is 0 Å². The summed E-state index contributed by atoms with van der Waals surface area (Å²) in [7, 11) is 0. The van der Waals surface area contributed by atoms with Crippen molar-refractivity contribution in [1.29, 1.82) is 0 Å². The highest BCUT2D eigenvalue weighted by molar-refractivity contribution is 6.28. The van der Waals surface area contributed by atoms with Crippen LogP contribution in [-0.4, -0.2) is 29.2 Å². The van der Waals surface area contributed by atoms with Gasteiger partial charge in [0.1, 0.15) is 5.84 Å². The van der Waals surface area contributed by atoms with Gasteiger partial charge in [0.2, 0.25) is 0 Å². The van der Waals surface area contributed by atoms with Gasteiger partial charge in [-0.05, 0) is 12.1 Å². The van der Waals surface area contributed by atoms with Gasteiger partial charge in [-0.3, -0.25) is 0 Å². The predicted octanol–water partition coefficient (Wildman–Crippen LogP) is 3.23. The number of rotatable bonds is 3. The van der Waals surface area contributed by atoms with Gasteiger partial charge in [-0.25, -0.2) is 4.99 Å². The highest BCUT2D eigenvalue weighted by atomic mass is 35.5. The molecule has 0 amide bonds. The lowest BCUT2D eigenvalue weighted by molar-refractivity contribution is -0.376. The first kappa shape index (κ1) is 17.6.